The largest absolute Gasteiger partial charge is 0.286 e. The van der Waals surface area contributed by atoms with Gasteiger partial charge in [0, 0.05) is 0 Å². The van der Waals surface area contributed by atoms with Crippen LogP contribution in [0.2, 0.25) is 0 Å². The quantitative estimate of drug-likeness (QED) is 0.351. The molecule has 0 aliphatic carbocycles. The van der Waals surface area contributed by atoms with Crippen LogP contribution < -0.4 is 0 Å². The summed E-state index contributed by atoms with van der Waals surface area (Å²) in [5, 5.41) is 0. The Morgan fingerprint density at radius 3 is 0.947 bits per heavy atom. The summed E-state index contributed by atoms with van der Waals surface area (Å²) in [7, 11) is -14.1. The smallest absolute Gasteiger partial charge is 0.265 e. The van der Waals surface area contributed by atoms with Crippen molar-refractivity contribution in [3.05, 3.63) is 0 Å². The molecule has 3 N–H and O–H groups in total. The monoisotopic (exact) mass is 358 g/mol. The fourth-order valence-corrected chi connectivity index (χ4v) is 7.61. The van der Waals surface area contributed by atoms with Crippen molar-refractivity contribution in [3.63, 3.8) is 0 Å². The summed E-state index contributed by atoms with van der Waals surface area (Å²) >= 11 is 0. The van der Waals surface area contributed by atoms with Gasteiger partial charge in [0.1, 0.15) is 0 Å². The molecule has 0 atom stereocenters. The topological polar surface area (TPSA) is 163 Å². The SMILES string of the molecule is O=S(=O)(O)CCP(CCS(=O)(=O)O)CCS(=O)(=O)O. The van der Waals surface area contributed by atoms with Crippen molar-refractivity contribution < 1.29 is 38.9 Å². The summed E-state index contributed by atoms with van der Waals surface area (Å²) in [6, 6.07) is 0. The zero-order chi connectivity index (χ0) is 15.3. The van der Waals surface area contributed by atoms with Crippen LogP contribution in [0.5, 0.6) is 0 Å². The predicted molar refractivity (Wildman–Crippen MR) is 70.8 cm³/mol. The summed E-state index contributed by atoms with van der Waals surface area (Å²) in [6.45, 7) is 0. The van der Waals surface area contributed by atoms with E-state index in [2.05, 4.69) is 0 Å². The highest BCUT2D eigenvalue weighted by atomic mass is 32.2. The van der Waals surface area contributed by atoms with E-state index in [0.717, 1.165) is 0 Å². The zero-order valence-electron chi connectivity index (χ0n) is 9.71. The van der Waals surface area contributed by atoms with Crippen LogP contribution >= 0.6 is 7.92 Å². The molecule has 0 saturated heterocycles. The van der Waals surface area contributed by atoms with Crippen LogP contribution in [0.15, 0.2) is 0 Å². The third-order valence-electron chi connectivity index (χ3n) is 2.00. The van der Waals surface area contributed by atoms with Crippen LogP contribution in [-0.2, 0) is 30.4 Å². The standard InChI is InChI=1S/C6H15O9PS3/c7-17(8,9)4-1-16(2-5-18(10,11)12)3-6-19(13,14)15/h1-6H2,(H,7,8,9)(H,10,11,12)(H,13,14,15). The Morgan fingerprint density at radius 2 is 0.789 bits per heavy atom. The average Bonchev–Trinajstić information content (AvgIpc) is 2.11. The summed E-state index contributed by atoms with van der Waals surface area (Å²) < 4.78 is 89.1. The summed E-state index contributed by atoms with van der Waals surface area (Å²) in [4.78, 5) is 0. The van der Waals surface area contributed by atoms with E-state index < -0.39 is 55.5 Å². The molecule has 0 aromatic carbocycles. The van der Waals surface area contributed by atoms with Gasteiger partial charge in [-0.05, 0) is 18.5 Å². The van der Waals surface area contributed by atoms with E-state index in [4.69, 9.17) is 13.7 Å². The number of rotatable bonds is 9. The molecule has 0 heterocycles. The Balaban J connectivity index is 4.55. The third-order valence-corrected chi connectivity index (χ3v) is 7.63. The molecule has 9 nitrogen and oxygen atoms in total. The van der Waals surface area contributed by atoms with Gasteiger partial charge in [-0.3, -0.25) is 13.7 Å². The first-order chi connectivity index (χ1) is 8.29. The molecule has 0 saturated carbocycles. The minimum atomic E-state index is -4.23. The molecule has 0 aliphatic heterocycles. The molecular weight excluding hydrogens is 343 g/mol. The molecule has 0 aromatic rings. The van der Waals surface area contributed by atoms with Gasteiger partial charge in [-0.2, -0.15) is 25.3 Å². The number of hydrogen-bond acceptors (Lipinski definition) is 6. The van der Waals surface area contributed by atoms with Crippen LogP contribution in [-0.4, -0.2) is 74.7 Å². The molecule has 0 unspecified atom stereocenters. The lowest BCUT2D eigenvalue weighted by Gasteiger charge is -2.15. The molecule has 0 spiro atoms. The van der Waals surface area contributed by atoms with E-state index in [1.807, 2.05) is 0 Å². The van der Waals surface area contributed by atoms with Crippen molar-refractivity contribution in [1.29, 1.82) is 0 Å². The lowest BCUT2D eigenvalue weighted by molar-refractivity contribution is 0.483. The lowest BCUT2D eigenvalue weighted by Crippen LogP contribution is -2.16. The minimum Gasteiger partial charge on any atom is -0.286 e. The summed E-state index contributed by atoms with van der Waals surface area (Å²) in [5.41, 5.74) is 0. The predicted octanol–water partition coefficient (Wildman–Crippen LogP) is -0.868. The lowest BCUT2D eigenvalue weighted by atomic mass is 10.9. The zero-order valence-corrected chi connectivity index (χ0v) is 13.0. The van der Waals surface area contributed by atoms with Gasteiger partial charge < -0.3 is 0 Å². The minimum absolute atomic E-state index is 0.112. The van der Waals surface area contributed by atoms with E-state index in [-0.39, 0.29) is 18.5 Å². The van der Waals surface area contributed by atoms with Crippen molar-refractivity contribution >= 4 is 38.3 Å². The highest BCUT2D eigenvalue weighted by Crippen LogP contribution is 2.35. The molecular formula is C6H15O9PS3. The van der Waals surface area contributed by atoms with Crippen molar-refractivity contribution in [2.45, 2.75) is 0 Å². The molecule has 0 amide bonds. The van der Waals surface area contributed by atoms with E-state index in [9.17, 15) is 25.3 Å². The molecule has 0 rings (SSSR count). The second kappa shape index (κ2) is 7.25. The highest BCUT2D eigenvalue weighted by Gasteiger charge is 2.18. The van der Waals surface area contributed by atoms with Crippen LogP contribution in [0, 0.1) is 0 Å². The molecule has 0 aliphatic rings. The Kier molecular flexibility index (Phi) is 7.31. The second-order valence-corrected chi connectivity index (χ2v) is 11.1. The normalized spacial score (nSPS) is 13.9. The van der Waals surface area contributed by atoms with E-state index in [1.54, 1.807) is 0 Å². The van der Waals surface area contributed by atoms with Crippen molar-refractivity contribution in [1.82, 2.24) is 0 Å². The van der Waals surface area contributed by atoms with E-state index in [1.165, 1.54) is 0 Å². The first-order valence-electron chi connectivity index (χ1n) is 4.86. The average molecular weight is 358 g/mol. The first-order valence-corrected chi connectivity index (χ1v) is 11.6. The van der Waals surface area contributed by atoms with Crippen molar-refractivity contribution in [2.24, 2.45) is 0 Å². The fourth-order valence-electron chi connectivity index (χ4n) is 1.07. The van der Waals surface area contributed by atoms with Crippen LogP contribution in [0.4, 0.5) is 0 Å². The van der Waals surface area contributed by atoms with E-state index in [0.29, 0.717) is 0 Å². The van der Waals surface area contributed by atoms with Gasteiger partial charge in [-0.25, -0.2) is 0 Å². The van der Waals surface area contributed by atoms with Crippen LogP contribution in [0.3, 0.4) is 0 Å². The second-order valence-electron chi connectivity index (χ2n) is 3.70. The Morgan fingerprint density at radius 1 is 0.579 bits per heavy atom. The molecule has 116 valence electrons. The molecule has 19 heavy (non-hydrogen) atoms. The van der Waals surface area contributed by atoms with Crippen LogP contribution in [0.1, 0.15) is 0 Å². The van der Waals surface area contributed by atoms with Gasteiger partial charge in [0.2, 0.25) is 0 Å². The maximum atomic E-state index is 10.6. The number of hydrogen-bond donors (Lipinski definition) is 3. The van der Waals surface area contributed by atoms with Gasteiger partial charge in [0.25, 0.3) is 30.4 Å². The maximum absolute atomic E-state index is 10.6. The summed E-state index contributed by atoms with van der Waals surface area (Å²) in [6.07, 6.45) is -0.336. The van der Waals surface area contributed by atoms with E-state index >= 15 is 0 Å². The summed E-state index contributed by atoms with van der Waals surface area (Å²) in [5.74, 6) is -1.89. The van der Waals surface area contributed by atoms with Gasteiger partial charge in [-0.1, -0.05) is 0 Å². The van der Waals surface area contributed by atoms with Gasteiger partial charge in [-0.15, -0.1) is 7.92 Å². The highest BCUT2D eigenvalue weighted by molar-refractivity contribution is 7.87. The van der Waals surface area contributed by atoms with Crippen LogP contribution in [0.25, 0.3) is 0 Å². The Bertz CT molecular complexity index is 490. The van der Waals surface area contributed by atoms with Gasteiger partial charge in [0.15, 0.2) is 0 Å². The van der Waals surface area contributed by atoms with Crippen molar-refractivity contribution in [2.75, 3.05) is 35.7 Å². The maximum Gasteiger partial charge on any atom is 0.265 e. The molecule has 13 heteroatoms. The molecule has 0 radical (unpaired) electrons. The fraction of sp³-hybridized carbons (Fsp3) is 1.00. The molecule has 0 bridgehead atoms. The third kappa shape index (κ3) is 14.4. The first kappa shape index (κ1) is 19.2. The van der Waals surface area contributed by atoms with Crippen molar-refractivity contribution in [3.8, 4) is 0 Å². The molecule has 0 fully saturated rings. The van der Waals surface area contributed by atoms with Gasteiger partial charge in [0.05, 0.1) is 17.3 Å². The molecule has 0 aromatic heterocycles. The van der Waals surface area contributed by atoms with Gasteiger partial charge >= 0.3 is 0 Å². The Labute approximate surface area is 113 Å². The Hall–Kier alpha value is 0.160.